The molecule has 2 aliphatic rings. The van der Waals surface area contributed by atoms with Crippen LogP contribution in [-0.2, 0) is 26.2 Å². The molecule has 31 heavy (non-hydrogen) atoms. The Kier molecular flexibility index (Phi) is 6.24. The van der Waals surface area contributed by atoms with Crippen LogP contribution >= 0.6 is 0 Å². The van der Waals surface area contributed by atoms with Crippen molar-refractivity contribution in [3.63, 3.8) is 0 Å². The number of ether oxygens (including phenoxy) is 1. The number of sulfonamides is 1. The average Bonchev–Trinajstić information content (AvgIpc) is 3.27. The van der Waals surface area contributed by atoms with E-state index in [4.69, 9.17) is 4.74 Å². The summed E-state index contributed by atoms with van der Waals surface area (Å²) in [6.45, 7) is -0.0856. The summed E-state index contributed by atoms with van der Waals surface area (Å²) >= 11 is 0. The molecule has 1 fully saturated rings. The summed E-state index contributed by atoms with van der Waals surface area (Å²) in [7, 11) is -3.74. The lowest BCUT2D eigenvalue weighted by Crippen LogP contribution is -2.45. The highest BCUT2D eigenvalue weighted by molar-refractivity contribution is 7.89. The molecule has 164 valence electrons. The molecule has 1 aliphatic heterocycles. The lowest BCUT2D eigenvalue weighted by Gasteiger charge is -2.29. The lowest BCUT2D eigenvalue weighted by molar-refractivity contribution is -0.125. The third-order valence-corrected chi connectivity index (χ3v) is 7.01. The Labute approximate surface area is 181 Å². The Morgan fingerprint density at radius 1 is 1.10 bits per heavy atom. The van der Waals surface area contributed by atoms with Gasteiger partial charge in [0.15, 0.2) is 6.61 Å². The van der Waals surface area contributed by atoms with Gasteiger partial charge in [-0.25, -0.2) is 13.1 Å². The highest BCUT2D eigenvalue weighted by Gasteiger charge is 2.30. The van der Waals surface area contributed by atoms with Crippen LogP contribution in [-0.4, -0.2) is 39.4 Å². The predicted molar refractivity (Wildman–Crippen MR) is 115 cm³/mol. The predicted octanol–water partition coefficient (Wildman–Crippen LogP) is 1.95. The smallest absolute Gasteiger partial charge is 0.265 e. The van der Waals surface area contributed by atoms with Crippen molar-refractivity contribution in [2.75, 3.05) is 18.1 Å². The zero-order chi connectivity index (χ0) is 21.8. The number of nitrogens with one attached hydrogen (secondary N) is 2. The van der Waals surface area contributed by atoms with Gasteiger partial charge < -0.3 is 10.1 Å². The first kappa shape index (κ1) is 21.3. The number of amides is 2. The molecule has 1 heterocycles. The van der Waals surface area contributed by atoms with Gasteiger partial charge in [0.05, 0.1) is 10.6 Å². The van der Waals surface area contributed by atoms with Crippen molar-refractivity contribution < 1.29 is 22.7 Å². The highest BCUT2D eigenvalue weighted by atomic mass is 32.2. The van der Waals surface area contributed by atoms with Crippen molar-refractivity contribution in [1.82, 2.24) is 10.0 Å². The molecule has 0 aromatic heterocycles. The molecule has 0 unspecified atom stereocenters. The van der Waals surface area contributed by atoms with Crippen molar-refractivity contribution in [2.45, 2.75) is 43.2 Å². The fraction of sp³-hybridized carbons (Fsp3) is 0.364. The summed E-state index contributed by atoms with van der Waals surface area (Å²) < 4.78 is 33.8. The molecule has 2 aromatic carbocycles. The van der Waals surface area contributed by atoms with E-state index in [0.717, 1.165) is 31.2 Å². The second kappa shape index (κ2) is 9.07. The van der Waals surface area contributed by atoms with Gasteiger partial charge in [-0.05, 0) is 36.6 Å². The van der Waals surface area contributed by atoms with Gasteiger partial charge in [-0.3, -0.25) is 14.5 Å². The second-order valence-corrected chi connectivity index (χ2v) is 9.48. The summed E-state index contributed by atoms with van der Waals surface area (Å²) in [6, 6.07) is 13.7. The zero-order valence-electron chi connectivity index (χ0n) is 17.0. The van der Waals surface area contributed by atoms with Crippen LogP contribution in [0.4, 0.5) is 5.69 Å². The van der Waals surface area contributed by atoms with Crippen molar-refractivity contribution in [2.24, 2.45) is 0 Å². The number of benzene rings is 2. The van der Waals surface area contributed by atoms with Crippen LogP contribution in [0, 0.1) is 0 Å². The summed E-state index contributed by atoms with van der Waals surface area (Å²) in [5.74, 6) is -0.377. The molecule has 4 rings (SSSR count). The van der Waals surface area contributed by atoms with Crippen LogP contribution in [0.1, 0.15) is 31.2 Å². The molecule has 1 saturated carbocycles. The molecule has 0 spiro atoms. The number of fused-ring (bicyclic) bond motifs is 1. The molecule has 8 nitrogen and oxygen atoms in total. The number of carbonyl (C=O) groups is 2. The van der Waals surface area contributed by atoms with E-state index < -0.39 is 15.9 Å². The van der Waals surface area contributed by atoms with E-state index in [9.17, 15) is 18.0 Å². The van der Waals surface area contributed by atoms with E-state index in [0.29, 0.717) is 12.3 Å². The lowest BCUT2D eigenvalue weighted by atomic mass is 10.2. The standard InChI is InChI=1S/C22H25N3O5S/c26-21(23-13-16-6-2-1-3-7-16)14-25-19-12-18(10-11-20(19)30-15-22(25)27)31(28,29)24-17-8-4-5-9-17/h1-3,6-7,10-12,17,24H,4-5,8-9,13-15H2,(H,23,26). The number of nitrogens with zero attached hydrogens (tertiary/aromatic N) is 1. The number of carbonyl (C=O) groups excluding carboxylic acids is 2. The molecule has 2 amide bonds. The summed E-state index contributed by atoms with van der Waals surface area (Å²) in [5.41, 5.74) is 1.22. The number of hydrogen-bond acceptors (Lipinski definition) is 5. The fourth-order valence-corrected chi connectivity index (χ4v) is 5.17. The van der Waals surface area contributed by atoms with Gasteiger partial charge in [0.1, 0.15) is 12.3 Å². The van der Waals surface area contributed by atoms with Gasteiger partial charge in [-0.15, -0.1) is 0 Å². The Morgan fingerprint density at radius 3 is 2.58 bits per heavy atom. The van der Waals surface area contributed by atoms with Crippen LogP contribution in [0.25, 0.3) is 0 Å². The van der Waals surface area contributed by atoms with E-state index in [1.807, 2.05) is 30.3 Å². The van der Waals surface area contributed by atoms with Crippen LogP contribution < -0.4 is 19.7 Å². The first-order chi connectivity index (χ1) is 14.9. The molecule has 0 atom stereocenters. The summed E-state index contributed by atoms with van der Waals surface area (Å²) in [4.78, 5) is 26.3. The quantitative estimate of drug-likeness (QED) is 0.681. The Balaban J connectivity index is 1.50. The number of anilines is 1. The maximum atomic E-state index is 12.8. The normalized spacial score (nSPS) is 16.6. The molecule has 0 radical (unpaired) electrons. The van der Waals surface area contributed by atoms with Gasteiger partial charge in [0, 0.05) is 12.6 Å². The number of rotatable bonds is 7. The van der Waals surface area contributed by atoms with E-state index in [-0.39, 0.29) is 35.7 Å². The molecule has 1 aliphatic carbocycles. The maximum absolute atomic E-state index is 12.8. The van der Waals surface area contributed by atoms with Gasteiger partial charge in [-0.1, -0.05) is 43.2 Å². The van der Waals surface area contributed by atoms with Crippen molar-refractivity contribution in [3.05, 3.63) is 54.1 Å². The van der Waals surface area contributed by atoms with Crippen LogP contribution in [0.3, 0.4) is 0 Å². The van der Waals surface area contributed by atoms with Gasteiger partial charge >= 0.3 is 0 Å². The molecule has 2 aromatic rings. The van der Waals surface area contributed by atoms with Crippen LogP contribution in [0.2, 0.25) is 0 Å². The summed E-state index contributed by atoms with van der Waals surface area (Å²) in [5, 5.41) is 2.79. The summed E-state index contributed by atoms with van der Waals surface area (Å²) in [6.07, 6.45) is 3.65. The Hall–Kier alpha value is -2.91. The first-order valence-electron chi connectivity index (χ1n) is 10.3. The van der Waals surface area contributed by atoms with Crippen molar-refractivity contribution >= 4 is 27.5 Å². The molecule has 2 N–H and O–H groups in total. The van der Waals surface area contributed by atoms with Gasteiger partial charge in [0.2, 0.25) is 15.9 Å². The topological polar surface area (TPSA) is 105 Å². The van der Waals surface area contributed by atoms with E-state index in [1.54, 1.807) is 0 Å². The first-order valence-corrected chi connectivity index (χ1v) is 11.8. The van der Waals surface area contributed by atoms with Gasteiger partial charge in [-0.2, -0.15) is 0 Å². The molecular formula is C22H25N3O5S. The maximum Gasteiger partial charge on any atom is 0.265 e. The number of hydrogen-bond donors (Lipinski definition) is 2. The van der Waals surface area contributed by atoms with E-state index >= 15 is 0 Å². The molecule has 9 heteroatoms. The third-order valence-electron chi connectivity index (χ3n) is 5.49. The minimum atomic E-state index is -3.74. The van der Waals surface area contributed by atoms with Crippen molar-refractivity contribution in [3.8, 4) is 5.75 Å². The molecule has 0 bridgehead atoms. The third kappa shape index (κ3) is 5.05. The Bertz CT molecular complexity index is 1070. The van der Waals surface area contributed by atoms with Gasteiger partial charge in [0.25, 0.3) is 5.91 Å². The molecular weight excluding hydrogens is 418 g/mol. The SMILES string of the molecule is O=C(CN1C(=O)COc2ccc(S(=O)(=O)NC3CCCC3)cc21)NCc1ccccc1. The van der Waals surface area contributed by atoms with E-state index in [2.05, 4.69) is 10.0 Å². The minimum absolute atomic E-state index is 0.0474. The minimum Gasteiger partial charge on any atom is -0.482 e. The zero-order valence-corrected chi connectivity index (χ0v) is 17.9. The Morgan fingerprint density at radius 2 is 1.84 bits per heavy atom. The largest absolute Gasteiger partial charge is 0.482 e. The highest BCUT2D eigenvalue weighted by Crippen LogP contribution is 2.34. The van der Waals surface area contributed by atoms with Crippen LogP contribution in [0.5, 0.6) is 5.75 Å². The second-order valence-electron chi connectivity index (χ2n) is 7.76. The fourth-order valence-electron chi connectivity index (χ4n) is 3.85. The van der Waals surface area contributed by atoms with E-state index in [1.165, 1.54) is 23.1 Å². The van der Waals surface area contributed by atoms with Crippen molar-refractivity contribution in [1.29, 1.82) is 0 Å². The monoisotopic (exact) mass is 443 g/mol. The average molecular weight is 444 g/mol. The van der Waals surface area contributed by atoms with Crippen LogP contribution in [0.15, 0.2) is 53.4 Å². The molecule has 0 saturated heterocycles.